The molecule has 23 heavy (non-hydrogen) atoms. The van der Waals surface area contributed by atoms with E-state index in [0.717, 1.165) is 18.5 Å². The van der Waals surface area contributed by atoms with Crippen molar-refractivity contribution >= 4 is 10.8 Å². The minimum absolute atomic E-state index is 0.381. The van der Waals surface area contributed by atoms with Gasteiger partial charge in [0.2, 0.25) is 0 Å². The van der Waals surface area contributed by atoms with Gasteiger partial charge in [-0.05, 0) is 68.8 Å². The molecule has 0 radical (unpaired) electrons. The van der Waals surface area contributed by atoms with Gasteiger partial charge in [-0.2, -0.15) is 0 Å². The van der Waals surface area contributed by atoms with E-state index >= 15 is 0 Å². The zero-order valence-electron chi connectivity index (χ0n) is 14.3. The maximum absolute atomic E-state index is 10.5. The molecular weight excluding hydrogens is 284 g/mol. The standard InChI is InChI=1S/C20H28N2O/c1-21-12-9-19(10-13-21)22(2)14-11-20(23)18-8-7-16-5-3-4-6-17(16)15-18/h3-8,15,19-20,23H,9-14H2,1-2H3. The molecule has 0 aromatic heterocycles. The Balaban J connectivity index is 1.56. The molecule has 3 rings (SSSR count). The van der Waals surface area contributed by atoms with Gasteiger partial charge in [0.1, 0.15) is 0 Å². The number of nitrogens with zero attached hydrogens (tertiary/aromatic N) is 2. The zero-order valence-corrected chi connectivity index (χ0v) is 14.3. The van der Waals surface area contributed by atoms with E-state index in [-0.39, 0.29) is 6.10 Å². The average Bonchev–Trinajstić information content (AvgIpc) is 2.59. The normalized spacial score (nSPS) is 18.6. The van der Waals surface area contributed by atoms with Crippen molar-refractivity contribution in [2.24, 2.45) is 0 Å². The Kier molecular flexibility index (Phi) is 5.31. The molecule has 3 nitrogen and oxygen atoms in total. The fraction of sp³-hybridized carbons (Fsp3) is 0.500. The van der Waals surface area contributed by atoms with Crippen molar-refractivity contribution in [3.63, 3.8) is 0 Å². The second-order valence-corrected chi connectivity index (χ2v) is 6.93. The van der Waals surface area contributed by atoms with Gasteiger partial charge in [0.25, 0.3) is 0 Å². The largest absolute Gasteiger partial charge is 0.388 e. The van der Waals surface area contributed by atoms with Crippen molar-refractivity contribution in [1.29, 1.82) is 0 Å². The van der Waals surface area contributed by atoms with Crippen LogP contribution in [0.3, 0.4) is 0 Å². The van der Waals surface area contributed by atoms with E-state index < -0.39 is 0 Å². The van der Waals surface area contributed by atoms with Gasteiger partial charge in [0.05, 0.1) is 6.10 Å². The maximum atomic E-state index is 10.5. The van der Waals surface area contributed by atoms with Crippen LogP contribution in [0.2, 0.25) is 0 Å². The Hall–Kier alpha value is -1.42. The van der Waals surface area contributed by atoms with Crippen LogP contribution >= 0.6 is 0 Å². The maximum Gasteiger partial charge on any atom is 0.0802 e. The second kappa shape index (κ2) is 7.43. The van der Waals surface area contributed by atoms with E-state index in [4.69, 9.17) is 0 Å². The average molecular weight is 312 g/mol. The number of fused-ring (bicyclic) bond motifs is 1. The van der Waals surface area contributed by atoms with Gasteiger partial charge in [0, 0.05) is 12.6 Å². The summed E-state index contributed by atoms with van der Waals surface area (Å²) in [6, 6.07) is 15.3. The Labute approximate surface area is 139 Å². The molecule has 3 heteroatoms. The Bertz CT molecular complexity index is 634. The third kappa shape index (κ3) is 4.11. The summed E-state index contributed by atoms with van der Waals surface area (Å²) in [5.41, 5.74) is 1.03. The summed E-state index contributed by atoms with van der Waals surface area (Å²) in [5.74, 6) is 0. The van der Waals surface area contributed by atoms with Crippen LogP contribution in [0, 0.1) is 0 Å². The summed E-state index contributed by atoms with van der Waals surface area (Å²) >= 11 is 0. The van der Waals surface area contributed by atoms with E-state index in [1.165, 1.54) is 36.7 Å². The number of benzene rings is 2. The second-order valence-electron chi connectivity index (χ2n) is 6.93. The Morgan fingerprint density at radius 1 is 1.13 bits per heavy atom. The lowest BCUT2D eigenvalue weighted by Gasteiger charge is -2.35. The van der Waals surface area contributed by atoms with E-state index in [2.05, 4.69) is 60.3 Å². The Morgan fingerprint density at radius 3 is 2.57 bits per heavy atom. The molecule has 1 fully saturated rings. The first kappa shape index (κ1) is 16.4. The van der Waals surface area contributed by atoms with Crippen LogP contribution in [-0.4, -0.2) is 54.7 Å². The van der Waals surface area contributed by atoms with Gasteiger partial charge in [-0.15, -0.1) is 0 Å². The summed E-state index contributed by atoms with van der Waals surface area (Å²) in [5, 5.41) is 13.0. The number of likely N-dealkylation sites (tertiary alicyclic amines) is 1. The van der Waals surface area contributed by atoms with Gasteiger partial charge in [0.15, 0.2) is 0 Å². The molecule has 1 saturated heterocycles. The van der Waals surface area contributed by atoms with Crippen LogP contribution in [0.5, 0.6) is 0 Å². The van der Waals surface area contributed by atoms with Crippen molar-refractivity contribution in [2.45, 2.75) is 31.4 Å². The van der Waals surface area contributed by atoms with E-state index in [0.29, 0.717) is 6.04 Å². The molecule has 0 saturated carbocycles. The van der Waals surface area contributed by atoms with Crippen LogP contribution in [-0.2, 0) is 0 Å². The molecule has 0 bridgehead atoms. The summed E-state index contributed by atoms with van der Waals surface area (Å²) in [6.45, 7) is 3.31. The number of piperidine rings is 1. The van der Waals surface area contributed by atoms with Crippen LogP contribution in [0.15, 0.2) is 42.5 Å². The lowest BCUT2D eigenvalue weighted by Crippen LogP contribution is -2.42. The van der Waals surface area contributed by atoms with Crippen LogP contribution in [0.25, 0.3) is 10.8 Å². The first-order valence-corrected chi connectivity index (χ1v) is 8.69. The third-order valence-electron chi connectivity index (χ3n) is 5.22. The van der Waals surface area contributed by atoms with Crippen molar-refractivity contribution < 1.29 is 5.11 Å². The number of aliphatic hydroxyl groups is 1. The number of hydrogen-bond acceptors (Lipinski definition) is 3. The molecule has 2 aromatic carbocycles. The van der Waals surface area contributed by atoms with Crippen molar-refractivity contribution in [3.05, 3.63) is 48.0 Å². The highest BCUT2D eigenvalue weighted by molar-refractivity contribution is 5.83. The number of hydrogen-bond donors (Lipinski definition) is 1. The molecule has 1 heterocycles. The van der Waals surface area contributed by atoms with Gasteiger partial charge in [-0.3, -0.25) is 0 Å². The topological polar surface area (TPSA) is 26.7 Å². The lowest BCUT2D eigenvalue weighted by atomic mass is 10.0. The highest BCUT2D eigenvalue weighted by Crippen LogP contribution is 2.23. The van der Waals surface area contributed by atoms with Crippen LogP contribution in [0.4, 0.5) is 0 Å². The molecule has 1 N–H and O–H groups in total. The van der Waals surface area contributed by atoms with Crippen LogP contribution in [0.1, 0.15) is 30.9 Å². The summed E-state index contributed by atoms with van der Waals surface area (Å²) in [7, 11) is 4.39. The van der Waals surface area contributed by atoms with Crippen molar-refractivity contribution in [3.8, 4) is 0 Å². The van der Waals surface area contributed by atoms with E-state index in [1.807, 2.05) is 6.07 Å². The lowest BCUT2D eigenvalue weighted by molar-refractivity contribution is 0.110. The fourth-order valence-electron chi connectivity index (χ4n) is 3.53. The Morgan fingerprint density at radius 2 is 1.83 bits per heavy atom. The molecule has 124 valence electrons. The van der Waals surface area contributed by atoms with Gasteiger partial charge in [-0.1, -0.05) is 36.4 Å². The molecule has 1 aliphatic heterocycles. The van der Waals surface area contributed by atoms with E-state index in [1.54, 1.807) is 0 Å². The molecule has 0 aliphatic carbocycles. The summed E-state index contributed by atoms with van der Waals surface area (Å²) in [6.07, 6.45) is 2.88. The molecular formula is C20H28N2O. The molecule has 0 spiro atoms. The predicted molar refractivity (Wildman–Crippen MR) is 96.7 cm³/mol. The van der Waals surface area contributed by atoms with Crippen molar-refractivity contribution in [2.75, 3.05) is 33.7 Å². The molecule has 1 atom stereocenters. The van der Waals surface area contributed by atoms with Gasteiger partial charge >= 0.3 is 0 Å². The molecule has 1 unspecified atom stereocenters. The zero-order chi connectivity index (χ0) is 16.2. The van der Waals surface area contributed by atoms with E-state index in [9.17, 15) is 5.11 Å². The SMILES string of the molecule is CN1CCC(N(C)CCC(O)c2ccc3ccccc3c2)CC1. The summed E-state index contributed by atoms with van der Waals surface area (Å²) < 4.78 is 0. The highest BCUT2D eigenvalue weighted by atomic mass is 16.3. The fourth-order valence-corrected chi connectivity index (χ4v) is 3.53. The minimum atomic E-state index is -0.381. The smallest absolute Gasteiger partial charge is 0.0802 e. The predicted octanol–water partition coefficient (Wildman–Crippen LogP) is 3.29. The van der Waals surface area contributed by atoms with Crippen LogP contribution < -0.4 is 0 Å². The molecule has 0 amide bonds. The quantitative estimate of drug-likeness (QED) is 0.918. The third-order valence-corrected chi connectivity index (χ3v) is 5.22. The number of rotatable bonds is 5. The first-order valence-electron chi connectivity index (χ1n) is 8.69. The summed E-state index contributed by atoms with van der Waals surface area (Å²) in [4.78, 5) is 4.82. The monoisotopic (exact) mass is 312 g/mol. The molecule has 2 aromatic rings. The first-order chi connectivity index (χ1) is 11.1. The highest BCUT2D eigenvalue weighted by Gasteiger charge is 2.21. The molecule has 1 aliphatic rings. The minimum Gasteiger partial charge on any atom is -0.388 e. The number of aliphatic hydroxyl groups excluding tert-OH is 1. The van der Waals surface area contributed by atoms with Gasteiger partial charge < -0.3 is 14.9 Å². The van der Waals surface area contributed by atoms with Gasteiger partial charge in [-0.25, -0.2) is 0 Å². The van der Waals surface area contributed by atoms with Crippen molar-refractivity contribution in [1.82, 2.24) is 9.80 Å².